The van der Waals surface area contributed by atoms with Crippen molar-refractivity contribution in [2.24, 2.45) is 0 Å². The van der Waals surface area contributed by atoms with E-state index in [1.165, 1.54) is 25.7 Å². The van der Waals surface area contributed by atoms with Crippen LogP contribution in [0.1, 0.15) is 135 Å². The van der Waals surface area contributed by atoms with Crippen LogP contribution in [0, 0.1) is 0 Å². The van der Waals surface area contributed by atoms with Crippen molar-refractivity contribution in [1.82, 2.24) is 0 Å². The van der Waals surface area contributed by atoms with Crippen LogP contribution in [0.5, 0.6) is 0 Å². The summed E-state index contributed by atoms with van der Waals surface area (Å²) < 4.78 is 26.2. The predicted molar refractivity (Wildman–Crippen MR) is 226 cm³/mol. The number of aliphatic hydroxyl groups excluding tert-OH is 1. The van der Waals surface area contributed by atoms with Crippen LogP contribution in [0.25, 0.3) is 0 Å². The van der Waals surface area contributed by atoms with E-state index >= 15 is 0 Å². The monoisotopic (exact) mass is 786 g/mol. The van der Waals surface area contributed by atoms with Gasteiger partial charge in [0.05, 0.1) is 6.61 Å². The maximum absolute atomic E-state index is 12.4. The van der Waals surface area contributed by atoms with Gasteiger partial charge in [0.1, 0.15) is 6.61 Å². The summed E-state index contributed by atoms with van der Waals surface area (Å²) >= 11 is 0. The van der Waals surface area contributed by atoms with E-state index in [4.69, 9.17) is 24.4 Å². The van der Waals surface area contributed by atoms with Crippen LogP contribution in [0.15, 0.2) is 109 Å². The molecule has 0 unspecified atom stereocenters. The van der Waals surface area contributed by atoms with Crippen LogP contribution >= 0.6 is 7.82 Å². The van der Waals surface area contributed by atoms with Gasteiger partial charge in [-0.1, -0.05) is 136 Å². The summed E-state index contributed by atoms with van der Waals surface area (Å²) in [5, 5.41) is 8.77. The lowest BCUT2D eigenvalue weighted by atomic mass is 10.2. The van der Waals surface area contributed by atoms with Gasteiger partial charge in [-0.2, -0.15) is 0 Å². The van der Waals surface area contributed by atoms with Gasteiger partial charge in [-0.15, -0.1) is 0 Å². The van der Waals surface area contributed by atoms with Crippen molar-refractivity contribution in [3.05, 3.63) is 109 Å². The molecule has 0 spiro atoms. The number of unbranched alkanes of at least 4 members (excludes halogenated alkanes) is 7. The van der Waals surface area contributed by atoms with Crippen molar-refractivity contribution < 1.29 is 43.0 Å². The first-order chi connectivity index (χ1) is 26.8. The van der Waals surface area contributed by atoms with Crippen molar-refractivity contribution >= 4 is 19.8 Å². The van der Waals surface area contributed by atoms with Crippen molar-refractivity contribution in [1.29, 1.82) is 0 Å². The molecule has 0 aliphatic rings. The normalized spacial score (nSPS) is 13.6. The van der Waals surface area contributed by atoms with Gasteiger partial charge in [-0.05, 0) is 96.3 Å². The first-order valence-electron chi connectivity index (χ1n) is 20.3. The van der Waals surface area contributed by atoms with Gasteiger partial charge in [-0.3, -0.25) is 14.1 Å². The molecule has 0 aromatic carbocycles. The molecule has 0 amide bonds. The van der Waals surface area contributed by atoms with Gasteiger partial charge in [0.2, 0.25) is 0 Å². The number of hydrogen-bond donors (Lipinski definition) is 3. The third kappa shape index (κ3) is 43.3. The van der Waals surface area contributed by atoms with E-state index in [0.717, 1.165) is 70.6 Å². The number of aliphatic hydroxyl groups is 1. The Kier molecular flexibility index (Phi) is 37.9. The van der Waals surface area contributed by atoms with E-state index in [2.05, 4.69) is 96.5 Å². The number of phosphoric ester groups is 1. The third-order valence-corrected chi connectivity index (χ3v) is 8.32. The molecule has 310 valence electrons. The van der Waals surface area contributed by atoms with Gasteiger partial charge in [-0.25, -0.2) is 4.57 Å². The molecule has 10 heteroatoms. The minimum Gasteiger partial charge on any atom is -0.462 e. The molecule has 0 heterocycles. The summed E-state index contributed by atoms with van der Waals surface area (Å²) in [7, 11) is -4.80. The van der Waals surface area contributed by atoms with Crippen molar-refractivity contribution in [2.75, 3.05) is 19.8 Å². The lowest BCUT2D eigenvalue weighted by Crippen LogP contribution is -2.29. The van der Waals surface area contributed by atoms with E-state index in [9.17, 15) is 14.2 Å². The van der Waals surface area contributed by atoms with Crippen LogP contribution in [0.4, 0.5) is 0 Å². The van der Waals surface area contributed by atoms with Gasteiger partial charge >= 0.3 is 19.8 Å². The molecular formula is C45H71O9P. The number of ether oxygens (including phenoxy) is 2. The van der Waals surface area contributed by atoms with Crippen LogP contribution in [-0.4, -0.2) is 52.8 Å². The quantitative estimate of drug-likeness (QED) is 0.0245. The highest BCUT2D eigenvalue weighted by Crippen LogP contribution is 2.35. The second kappa shape index (κ2) is 40.3. The SMILES string of the molecule is CCCCC/C=C\C/C=C\C/C=C\C/C=C\C/C=C\CCC(=O)OC[C@H](COP(=O)(O)O)OC(=O)CCC/C=C\C/C=C\C/C=C\C/C=C\CCCCCO. The number of carbonyl (C=O) groups is 2. The highest BCUT2D eigenvalue weighted by molar-refractivity contribution is 7.46. The summed E-state index contributed by atoms with van der Waals surface area (Å²) in [5.74, 6) is -1.07. The predicted octanol–water partition coefficient (Wildman–Crippen LogP) is 11.4. The molecule has 0 aliphatic heterocycles. The smallest absolute Gasteiger partial charge is 0.462 e. The zero-order valence-electron chi connectivity index (χ0n) is 33.5. The van der Waals surface area contributed by atoms with Gasteiger partial charge in [0, 0.05) is 19.4 Å². The number of carbonyl (C=O) groups excluding carboxylic acids is 2. The van der Waals surface area contributed by atoms with E-state index < -0.39 is 32.5 Å². The fourth-order valence-corrected chi connectivity index (χ4v) is 5.16. The summed E-state index contributed by atoms with van der Waals surface area (Å²) in [6, 6.07) is 0. The minimum absolute atomic E-state index is 0.104. The second-order valence-corrected chi connectivity index (χ2v) is 14.2. The number of allylic oxidation sites excluding steroid dienone is 18. The number of rotatable bonds is 36. The van der Waals surface area contributed by atoms with E-state index in [0.29, 0.717) is 19.3 Å². The molecule has 0 aliphatic carbocycles. The van der Waals surface area contributed by atoms with Crippen LogP contribution in [0.2, 0.25) is 0 Å². The minimum atomic E-state index is -4.80. The first-order valence-corrected chi connectivity index (χ1v) is 21.8. The fraction of sp³-hybridized carbons (Fsp3) is 0.556. The second-order valence-electron chi connectivity index (χ2n) is 13.0. The molecule has 0 aromatic rings. The molecule has 0 radical (unpaired) electrons. The number of phosphoric acid groups is 1. The average molecular weight is 787 g/mol. The molecule has 1 atom stereocenters. The molecule has 0 fully saturated rings. The van der Waals surface area contributed by atoms with Crippen molar-refractivity contribution in [3.8, 4) is 0 Å². The molecule has 0 saturated heterocycles. The van der Waals surface area contributed by atoms with E-state index in [1.807, 2.05) is 24.3 Å². The molecule has 3 N–H and O–H groups in total. The first kappa shape index (κ1) is 51.7. The van der Waals surface area contributed by atoms with Crippen LogP contribution in [-0.2, 0) is 28.2 Å². The lowest BCUT2D eigenvalue weighted by molar-refractivity contribution is -0.161. The summed E-state index contributed by atoms with van der Waals surface area (Å²) in [6.07, 6.45) is 54.1. The zero-order valence-corrected chi connectivity index (χ0v) is 34.4. The highest BCUT2D eigenvalue weighted by Gasteiger charge is 2.22. The molecule has 9 nitrogen and oxygen atoms in total. The topological polar surface area (TPSA) is 140 Å². The van der Waals surface area contributed by atoms with Crippen molar-refractivity contribution in [2.45, 2.75) is 141 Å². The highest BCUT2D eigenvalue weighted by atomic mass is 31.2. The Balaban J connectivity index is 4.19. The summed E-state index contributed by atoms with van der Waals surface area (Å²) in [5.41, 5.74) is 0. The number of hydrogen-bond acceptors (Lipinski definition) is 7. The maximum Gasteiger partial charge on any atom is 0.469 e. The van der Waals surface area contributed by atoms with Crippen LogP contribution in [0.3, 0.4) is 0 Å². The average Bonchev–Trinajstić information content (AvgIpc) is 3.16. The van der Waals surface area contributed by atoms with Gasteiger partial charge in [0.15, 0.2) is 6.10 Å². The largest absolute Gasteiger partial charge is 0.469 e. The van der Waals surface area contributed by atoms with E-state index in [-0.39, 0.29) is 26.1 Å². The zero-order chi connectivity index (χ0) is 40.3. The molecular weight excluding hydrogens is 715 g/mol. The summed E-state index contributed by atoms with van der Waals surface area (Å²) in [6.45, 7) is 1.54. The Morgan fingerprint density at radius 3 is 1.36 bits per heavy atom. The standard InChI is InChI=1S/C45H71O9P/c1-2-3-4-5-6-7-8-9-10-11-12-14-17-20-23-26-29-32-35-38-44(47)52-41-43(42-53-55(49,50)51)54-45(48)39-36-33-30-27-24-21-18-15-13-16-19-22-25-28-31-34-37-40-46/h6-7,9-10,12-14,16,18,20-23,25,27,29-30,32,43,46H,2-5,8,11,15,17,19,24,26,28,31,33-42H2,1H3,(H2,49,50,51)/b7-6-,10-9-,14-12-,16-13-,21-18-,23-20-,25-22-,30-27-,32-29-/t43-/m1/s1. The molecule has 0 bridgehead atoms. The molecule has 0 aromatic heterocycles. The Morgan fingerprint density at radius 2 is 0.927 bits per heavy atom. The Bertz CT molecular complexity index is 1250. The third-order valence-electron chi connectivity index (χ3n) is 7.83. The maximum atomic E-state index is 12.4. The van der Waals surface area contributed by atoms with Crippen molar-refractivity contribution in [3.63, 3.8) is 0 Å². The van der Waals surface area contributed by atoms with Crippen LogP contribution < -0.4 is 0 Å². The Hall–Kier alpha value is -3.33. The lowest BCUT2D eigenvalue weighted by Gasteiger charge is -2.18. The molecule has 0 saturated carbocycles. The molecule has 0 rings (SSSR count). The molecule has 55 heavy (non-hydrogen) atoms. The van der Waals surface area contributed by atoms with E-state index in [1.54, 1.807) is 0 Å². The Morgan fingerprint density at radius 1 is 0.509 bits per heavy atom. The van der Waals surface area contributed by atoms with Gasteiger partial charge in [0.25, 0.3) is 0 Å². The Labute approximate surface area is 332 Å². The van der Waals surface area contributed by atoms with Gasteiger partial charge < -0.3 is 24.4 Å². The fourth-order valence-electron chi connectivity index (χ4n) is 4.80. The number of esters is 2. The summed E-state index contributed by atoms with van der Waals surface area (Å²) in [4.78, 5) is 42.7.